The van der Waals surface area contributed by atoms with Gasteiger partial charge in [-0.2, -0.15) is 0 Å². The quantitative estimate of drug-likeness (QED) is 0.362. The molecule has 1 spiro atoms. The van der Waals surface area contributed by atoms with E-state index in [0.29, 0.717) is 24.3 Å². The molecule has 3 heterocycles. The Hall–Kier alpha value is -5.26. The summed E-state index contributed by atoms with van der Waals surface area (Å²) in [6.07, 6.45) is 2.22. The summed E-state index contributed by atoms with van der Waals surface area (Å²) in [5, 5.41) is 5.89. The van der Waals surface area contributed by atoms with Crippen molar-refractivity contribution in [3.05, 3.63) is 88.6 Å². The molecule has 1 aromatic heterocycles. The maximum atomic E-state index is 14.1. The monoisotopic (exact) mass is 680 g/mol. The number of nitrogens with zero attached hydrogens (tertiary/aromatic N) is 4. The first-order chi connectivity index (χ1) is 23.6. The van der Waals surface area contributed by atoms with Crippen molar-refractivity contribution in [2.75, 3.05) is 37.3 Å². The van der Waals surface area contributed by atoms with Crippen molar-refractivity contribution in [3.63, 3.8) is 0 Å². The Labute approximate surface area is 292 Å². The number of anilines is 2. The fourth-order valence-corrected chi connectivity index (χ4v) is 7.19. The van der Waals surface area contributed by atoms with Gasteiger partial charge in [-0.25, -0.2) is 9.78 Å². The van der Waals surface area contributed by atoms with Crippen LogP contribution in [0.3, 0.4) is 0 Å². The van der Waals surface area contributed by atoms with E-state index in [1.54, 1.807) is 38.9 Å². The van der Waals surface area contributed by atoms with Gasteiger partial charge in [0.05, 0.1) is 10.8 Å². The molecule has 1 atom stereocenters. The Balaban J connectivity index is 1.19. The van der Waals surface area contributed by atoms with Crippen LogP contribution in [0.25, 0.3) is 0 Å². The number of pyridine rings is 1. The first kappa shape index (κ1) is 34.6. The molecule has 50 heavy (non-hydrogen) atoms. The fourth-order valence-electron chi connectivity index (χ4n) is 7.19. The van der Waals surface area contributed by atoms with E-state index in [-0.39, 0.29) is 56.4 Å². The van der Waals surface area contributed by atoms with Gasteiger partial charge in [0.15, 0.2) is 0 Å². The number of rotatable bonds is 8. The van der Waals surface area contributed by atoms with E-state index in [4.69, 9.17) is 4.74 Å². The van der Waals surface area contributed by atoms with Gasteiger partial charge in [-0.1, -0.05) is 36.4 Å². The van der Waals surface area contributed by atoms with Crippen molar-refractivity contribution in [3.8, 4) is 0 Å². The highest BCUT2D eigenvalue weighted by molar-refractivity contribution is 6.06. The lowest BCUT2D eigenvalue weighted by Crippen LogP contribution is -2.63. The van der Waals surface area contributed by atoms with Crippen LogP contribution in [-0.4, -0.2) is 81.7 Å². The molecule has 5 amide bonds. The summed E-state index contributed by atoms with van der Waals surface area (Å²) in [7, 11) is 1.65. The summed E-state index contributed by atoms with van der Waals surface area (Å²) in [6.45, 7) is 9.36. The van der Waals surface area contributed by atoms with Crippen molar-refractivity contribution in [2.45, 2.75) is 71.6 Å². The first-order valence-electron chi connectivity index (χ1n) is 16.8. The van der Waals surface area contributed by atoms with Crippen molar-refractivity contribution in [1.82, 2.24) is 19.7 Å². The molecule has 12 nitrogen and oxygen atoms in total. The third-order valence-electron chi connectivity index (χ3n) is 9.72. The first-order valence-corrected chi connectivity index (χ1v) is 16.8. The van der Waals surface area contributed by atoms with Crippen LogP contribution in [0.15, 0.2) is 60.8 Å². The molecule has 3 aliphatic rings. The molecule has 1 aliphatic carbocycles. The second kappa shape index (κ2) is 12.9. The van der Waals surface area contributed by atoms with Crippen LogP contribution < -0.4 is 10.6 Å². The minimum atomic E-state index is -0.844. The largest absolute Gasteiger partial charge is 0.444 e. The van der Waals surface area contributed by atoms with Gasteiger partial charge in [-0.3, -0.25) is 19.2 Å². The molecule has 0 bridgehead atoms. The van der Waals surface area contributed by atoms with Crippen LogP contribution in [0.1, 0.15) is 62.4 Å². The number of likely N-dealkylation sites (tertiary alicyclic amines) is 1. The van der Waals surface area contributed by atoms with Crippen molar-refractivity contribution in [1.29, 1.82) is 0 Å². The highest BCUT2D eigenvalue weighted by atomic mass is 16.6. The fraction of sp³-hybridized carbons (Fsp3) is 0.421. The summed E-state index contributed by atoms with van der Waals surface area (Å²) in [5.74, 6) is -0.214. The Morgan fingerprint density at radius 2 is 1.66 bits per heavy atom. The molecule has 262 valence electrons. The molecule has 0 radical (unpaired) electrons. The lowest BCUT2D eigenvalue weighted by Gasteiger charge is -2.48. The predicted molar refractivity (Wildman–Crippen MR) is 187 cm³/mol. The number of hydrogen-bond donors (Lipinski definition) is 2. The number of carbonyl (C=O) groups is 5. The molecule has 3 aromatic rings. The van der Waals surface area contributed by atoms with Gasteiger partial charge in [0, 0.05) is 57.6 Å². The van der Waals surface area contributed by atoms with E-state index < -0.39 is 22.5 Å². The number of aromatic nitrogens is 1. The van der Waals surface area contributed by atoms with Crippen molar-refractivity contribution in [2.24, 2.45) is 5.41 Å². The van der Waals surface area contributed by atoms with E-state index in [2.05, 4.69) is 15.6 Å². The summed E-state index contributed by atoms with van der Waals surface area (Å²) < 4.78 is 5.53. The summed E-state index contributed by atoms with van der Waals surface area (Å²) in [6, 6.07) is 16.9. The Morgan fingerprint density at radius 1 is 0.980 bits per heavy atom. The van der Waals surface area contributed by atoms with Crippen molar-refractivity contribution >= 4 is 41.2 Å². The molecule has 6 rings (SSSR count). The van der Waals surface area contributed by atoms with Crippen LogP contribution >= 0.6 is 0 Å². The lowest BCUT2D eigenvalue weighted by atomic mass is 9.79. The molecular weight excluding hydrogens is 636 g/mol. The number of amides is 5. The summed E-state index contributed by atoms with van der Waals surface area (Å²) in [4.78, 5) is 74.6. The normalized spacial score (nSPS) is 18.4. The van der Waals surface area contributed by atoms with Crippen molar-refractivity contribution < 1.29 is 28.7 Å². The average Bonchev–Trinajstić information content (AvgIpc) is 3.55. The SMILES string of the molecule is CC(=O)N1CC(C)(C(=O)N(CC(=O)Nc2ccc3c(c2)C[C@@]2(C3)C(=O)Nc3ncccc32)Cc2ccccc2CN(C)C(=O)OC(C)(C)C)C1. The van der Waals surface area contributed by atoms with Crippen LogP contribution in [0.5, 0.6) is 0 Å². The maximum Gasteiger partial charge on any atom is 0.410 e. The Kier molecular flexibility index (Phi) is 8.92. The number of fused-ring (bicyclic) bond motifs is 3. The van der Waals surface area contributed by atoms with Gasteiger partial charge in [-0.05, 0) is 81.0 Å². The molecule has 2 N–H and O–H groups in total. The molecule has 0 saturated carbocycles. The van der Waals surface area contributed by atoms with Gasteiger partial charge in [0.1, 0.15) is 18.0 Å². The third-order valence-corrected chi connectivity index (χ3v) is 9.72. The molecule has 0 unspecified atom stereocenters. The van der Waals surface area contributed by atoms with E-state index in [1.165, 1.54) is 16.7 Å². The highest BCUT2D eigenvalue weighted by Crippen LogP contribution is 2.47. The third kappa shape index (κ3) is 6.79. The number of hydrogen-bond acceptors (Lipinski definition) is 7. The minimum absolute atomic E-state index is 0.0764. The van der Waals surface area contributed by atoms with E-state index >= 15 is 0 Å². The topological polar surface area (TPSA) is 141 Å². The summed E-state index contributed by atoms with van der Waals surface area (Å²) in [5.41, 5.74) is 2.82. The zero-order valence-electron chi connectivity index (χ0n) is 29.5. The molecule has 12 heteroatoms. The molecule has 2 aliphatic heterocycles. The highest BCUT2D eigenvalue weighted by Gasteiger charge is 2.51. The molecular formula is C38H44N6O6. The maximum absolute atomic E-state index is 14.1. The predicted octanol–water partition coefficient (Wildman–Crippen LogP) is 4.27. The van der Waals surface area contributed by atoms with Gasteiger partial charge < -0.3 is 30.1 Å². The minimum Gasteiger partial charge on any atom is -0.444 e. The van der Waals surface area contributed by atoms with Crippen LogP contribution in [0.4, 0.5) is 16.3 Å². The van der Waals surface area contributed by atoms with E-state index in [0.717, 1.165) is 27.8 Å². The molecule has 1 saturated heterocycles. The smallest absolute Gasteiger partial charge is 0.410 e. The van der Waals surface area contributed by atoms with Crippen LogP contribution in [-0.2, 0) is 55.3 Å². The molecule has 2 aromatic carbocycles. The lowest BCUT2D eigenvalue weighted by molar-refractivity contribution is -0.159. The summed E-state index contributed by atoms with van der Waals surface area (Å²) >= 11 is 0. The number of carbonyl (C=O) groups excluding carboxylic acids is 5. The average molecular weight is 681 g/mol. The second-order valence-electron chi connectivity index (χ2n) is 15.0. The van der Waals surface area contributed by atoms with Gasteiger partial charge in [0.25, 0.3) is 0 Å². The Morgan fingerprint density at radius 3 is 2.34 bits per heavy atom. The van der Waals surface area contributed by atoms with Crippen LogP contribution in [0, 0.1) is 5.41 Å². The van der Waals surface area contributed by atoms with E-state index in [9.17, 15) is 24.0 Å². The zero-order chi connectivity index (χ0) is 36.0. The Bertz CT molecular complexity index is 1880. The zero-order valence-corrected chi connectivity index (χ0v) is 29.5. The second-order valence-corrected chi connectivity index (χ2v) is 15.0. The number of nitrogens with one attached hydrogen (secondary N) is 2. The van der Waals surface area contributed by atoms with Gasteiger partial charge in [0.2, 0.25) is 23.6 Å². The van der Waals surface area contributed by atoms with E-state index in [1.807, 2.05) is 61.5 Å². The number of benzene rings is 2. The standard InChI is InChI=1S/C38H44N6O6/c1-24(45)44-22-37(5,23-44)34(48)43(20-27-11-8-7-10-26(27)19-42(6)35(49)50-36(2,3)4)21-31(46)40-29-14-13-25-17-38(18-28(25)16-29)30-12-9-15-39-32(30)41-33(38)47/h7-16H,17-23H2,1-6H3,(H,40,46)(H,39,41,47)/t38-/m1/s1. The van der Waals surface area contributed by atoms with Gasteiger partial charge in [-0.15, -0.1) is 0 Å². The van der Waals surface area contributed by atoms with Crippen LogP contribution in [0.2, 0.25) is 0 Å². The van der Waals surface area contributed by atoms with Gasteiger partial charge >= 0.3 is 6.09 Å². The molecule has 1 fully saturated rings. The number of ether oxygens (including phenoxy) is 1.